The SMILES string of the molecule is Cc1ccc(CN2CCCC3(CC(n4cnnc4)CO3)C2)s1.O=C(O)C(F)(F)F. The van der Waals surface area contributed by atoms with Crippen LogP contribution in [-0.2, 0) is 16.1 Å². The summed E-state index contributed by atoms with van der Waals surface area (Å²) < 4.78 is 40.1. The molecule has 2 aromatic rings. The van der Waals surface area contributed by atoms with Gasteiger partial charge in [0.2, 0.25) is 0 Å². The van der Waals surface area contributed by atoms with Crippen LogP contribution in [0.2, 0.25) is 0 Å². The smallest absolute Gasteiger partial charge is 0.475 e. The van der Waals surface area contributed by atoms with Gasteiger partial charge in [-0.15, -0.1) is 21.5 Å². The standard InChI is InChI=1S/C16H22N4OS.C2HF3O2/c1-13-3-4-15(22-13)8-19-6-2-5-16(10-19)7-14(9-21-16)20-11-17-18-12-20;3-2(4,5)1(6)7/h3-4,11-12,14H,2,5-10H2,1H3;(H,6,7). The summed E-state index contributed by atoms with van der Waals surface area (Å²) in [6, 6.07) is 4.86. The van der Waals surface area contributed by atoms with Gasteiger partial charge in [-0.25, -0.2) is 4.79 Å². The normalized spacial score (nSPS) is 25.0. The molecular weight excluding hydrogens is 409 g/mol. The summed E-state index contributed by atoms with van der Waals surface area (Å²) >= 11 is 1.91. The Morgan fingerprint density at radius 2 is 2.07 bits per heavy atom. The number of nitrogens with zero attached hydrogens (tertiary/aromatic N) is 4. The molecule has 0 radical (unpaired) electrons. The molecule has 1 spiro atoms. The molecule has 160 valence electrons. The first-order chi connectivity index (χ1) is 13.7. The van der Waals surface area contributed by atoms with Gasteiger partial charge in [-0.2, -0.15) is 13.2 Å². The van der Waals surface area contributed by atoms with Crippen LogP contribution in [0.5, 0.6) is 0 Å². The zero-order valence-electron chi connectivity index (χ0n) is 15.9. The Kier molecular flexibility index (Phi) is 6.59. The molecule has 0 amide bonds. The van der Waals surface area contributed by atoms with E-state index < -0.39 is 12.1 Å². The number of hydrogen-bond donors (Lipinski definition) is 1. The number of hydrogen-bond acceptors (Lipinski definition) is 6. The number of ether oxygens (including phenoxy) is 1. The van der Waals surface area contributed by atoms with Gasteiger partial charge in [-0.1, -0.05) is 0 Å². The molecule has 11 heteroatoms. The Bertz CT molecular complexity index is 812. The van der Waals surface area contributed by atoms with Crippen molar-refractivity contribution in [1.82, 2.24) is 19.7 Å². The number of piperidine rings is 1. The number of thiophene rings is 1. The van der Waals surface area contributed by atoms with E-state index in [-0.39, 0.29) is 5.60 Å². The zero-order chi connectivity index (χ0) is 21.1. The quantitative estimate of drug-likeness (QED) is 0.802. The highest BCUT2D eigenvalue weighted by molar-refractivity contribution is 7.11. The number of carboxylic acids is 1. The van der Waals surface area contributed by atoms with E-state index in [0.29, 0.717) is 6.04 Å². The molecule has 7 nitrogen and oxygen atoms in total. The van der Waals surface area contributed by atoms with Crippen LogP contribution in [0.3, 0.4) is 0 Å². The molecule has 0 bridgehead atoms. The zero-order valence-corrected chi connectivity index (χ0v) is 16.7. The van der Waals surface area contributed by atoms with Gasteiger partial charge in [0.05, 0.1) is 18.2 Å². The maximum atomic E-state index is 10.6. The molecule has 0 aromatic carbocycles. The van der Waals surface area contributed by atoms with E-state index in [2.05, 4.69) is 38.7 Å². The maximum absolute atomic E-state index is 10.6. The predicted octanol–water partition coefficient (Wildman–Crippen LogP) is 3.28. The number of carbonyl (C=O) groups is 1. The summed E-state index contributed by atoms with van der Waals surface area (Å²) in [6.45, 7) is 6.24. The molecule has 2 aliphatic rings. The number of carboxylic acid groups (broad SMARTS) is 1. The third-order valence-electron chi connectivity index (χ3n) is 5.08. The summed E-state index contributed by atoms with van der Waals surface area (Å²) in [4.78, 5) is 14.3. The second-order valence-electron chi connectivity index (χ2n) is 7.39. The van der Waals surface area contributed by atoms with Gasteiger partial charge in [-0.05, 0) is 38.4 Å². The highest BCUT2D eigenvalue weighted by atomic mass is 32.1. The Labute approximate surface area is 170 Å². The van der Waals surface area contributed by atoms with Crippen LogP contribution in [0, 0.1) is 6.92 Å². The van der Waals surface area contributed by atoms with Crippen LogP contribution >= 0.6 is 11.3 Å². The Balaban J connectivity index is 0.000000298. The van der Waals surface area contributed by atoms with Crippen molar-refractivity contribution in [2.24, 2.45) is 0 Å². The van der Waals surface area contributed by atoms with Crippen LogP contribution < -0.4 is 0 Å². The van der Waals surface area contributed by atoms with Crippen molar-refractivity contribution in [1.29, 1.82) is 0 Å². The molecule has 1 N–H and O–H groups in total. The number of rotatable bonds is 3. The molecule has 4 rings (SSSR count). The highest BCUT2D eigenvalue weighted by Crippen LogP contribution is 2.39. The third kappa shape index (κ3) is 5.77. The minimum absolute atomic E-state index is 0.0273. The van der Waals surface area contributed by atoms with E-state index in [0.717, 1.165) is 26.1 Å². The second-order valence-corrected chi connectivity index (χ2v) is 8.76. The van der Waals surface area contributed by atoms with Crippen molar-refractivity contribution in [3.05, 3.63) is 34.5 Å². The highest BCUT2D eigenvalue weighted by Gasteiger charge is 2.44. The van der Waals surface area contributed by atoms with Crippen molar-refractivity contribution in [3.63, 3.8) is 0 Å². The fourth-order valence-corrected chi connectivity index (χ4v) is 4.74. The molecule has 2 aromatic heterocycles. The van der Waals surface area contributed by atoms with Gasteiger partial charge in [0, 0.05) is 29.3 Å². The number of halogens is 3. The lowest BCUT2D eigenvalue weighted by molar-refractivity contribution is -0.192. The van der Waals surface area contributed by atoms with Gasteiger partial charge in [0.25, 0.3) is 0 Å². The lowest BCUT2D eigenvalue weighted by atomic mass is 9.88. The summed E-state index contributed by atoms with van der Waals surface area (Å²) in [5.41, 5.74) is 0.0273. The average Bonchev–Trinajstić information content (AvgIpc) is 3.37. The third-order valence-corrected chi connectivity index (χ3v) is 6.07. The summed E-state index contributed by atoms with van der Waals surface area (Å²) in [5, 5.41) is 15.0. The molecule has 2 unspecified atom stereocenters. The maximum Gasteiger partial charge on any atom is 0.490 e. The van der Waals surface area contributed by atoms with Crippen molar-refractivity contribution in [2.45, 2.75) is 50.6 Å². The van der Waals surface area contributed by atoms with E-state index in [1.807, 2.05) is 24.0 Å². The average molecular weight is 432 g/mol. The van der Waals surface area contributed by atoms with Crippen LogP contribution in [0.1, 0.15) is 35.1 Å². The van der Waals surface area contributed by atoms with E-state index in [1.165, 1.54) is 29.1 Å². The monoisotopic (exact) mass is 432 g/mol. The first-order valence-corrected chi connectivity index (χ1v) is 10.0. The van der Waals surface area contributed by atoms with Crippen molar-refractivity contribution < 1.29 is 27.8 Å². The lowest BCUT2D eigenvalue weighted by Crippen LogP contribution is -2.47. The first-order valence-electron chi connectivity index (χ1n) is 9.23. The number of alkyl halides is 3. The predicted molar refractivity (Wildman–Crippen MR) is 99.6 cm³/mol. The number of likely N-dealkylation sites (tertiary alicyclic amines) is 1. The largest absolute Gasteiger partial charge is 0.490 e. The Hall–Kier alpha value is -1.98. The Morgan fingerprint density at radius 3 is 2.66 bits per heavy atom. The molecular formula is C18H23F3N4O3S. The fraction of sp³-hybridized carbons (Fsp3) is 0.611. The first kappa shape index (κ1) is 21.7. The molecule has 2 fully saturated rings. The molecule has 0 saturated carbocycles. The van der Waals surface area contributed by atoms with E-state index in [9.17, 15) is 13.2 Å². The summed E-state index contributed by atoms with van der Waals surface area (Å²) in [5.74, 6) is -2.76. The molecule has 4 heterocycles. The minimum Gasteiger partial charge on any atom is -0.475 e. The topological polar surface area (TPSA) is 80.5 Å². The number of aryl methyl sites for hydroxylation is 1. The molecule has 2 saturated heterocycles. The molecule has 2 atom stereocenters. The van der Waals surface area contributed by atoms with Crippen molar-refractivity contribution in [2.75, 3.05) is 19.7 Å². The van der Waals surface area contributed by atoms with Crippen molar-refractivity contribution in [3.8, 4) is 0 Å². The summed E-state index contributed by atoms with van der Waals surface area (Å²) in [6.07, 6.45) is 2.00. The van der Waals surface area contributed by atoms with E-state index >= 15 is 0 Å². The fourth-order valence-electron chi connectivity index (χ4n) is 3.81. The van der Waals surface area contributed by atoms with E-state index in [1.54, 1.807) is 0 Å². The summed E-state index contributed by atoms with van der Waals surface area (Å²) in [7, 11) is 0. The molecule has 0 aliphatic carbocycles. The minimum atomic E-state index is -5.08. The number of aliphatic carboxylic acids is 1. The van der Waals surface area contributed by atoms with Crippen LogP contribution in [-0.4, -0.2) is 62.2 Å². The number of aromatic nitrogens is 3. The van der Waals surface area contributed by atoms with Gasteiger partial charge in [0.1, 0.15) is 12.7 Å². The second kappa shape index (κ2) is 8.80. The Morgan fingerprint density at radius 1 is 1.38 bits per heavy atom. The van der Waals surface area contributed by atoms with Gasteiger partial charge in [-0.3, -0.25) is 4.90 Å². The molecule has 29 heavy (non-hydrogen) atoms. The lowest BCUT2D eigenvalue weighted by Gasteiger charge is -2.39. The van der Waals surface area contributed by atoms with Crippen LogP contribution in [0.15, 0.2) is 24.8 Å². The molecule has 2 aliphatic heterocycles. The van der Waals surface area contributed by atoms with Crippen LogP contribution in [0.25, 0.3) is 0 Å². The van der Waals surface area contributed by atoms with E-state index in [4.69, 9.17) is 14.6 Å². The van der Waals surface area contributed by atoms with Gasteiger partial charge in [0.15, 0.2) is 0 Å². The van der Waals surface area contributed by atoms with Crippen molar-refractivity contribution >= 4 is 17.3 Å². The van der Waals surface area contributed by atoms with Crippen LogP contribution in [0.4, 0.5) is 13.2 Å². The van der Waals surface area contributed by atoms with Gasteiger partial charge < -0.3 is 14.4 Å². The van der Waals surface area contributed by atoms with Gasteiger partial charge >= 0.3 is 12.1 Å².